The number of benzene rings is 1. The number of carbonyl (C=O) groups is 1. The minimum Gasteiger partial charge on any atom is -0.310 e. The minimum atomic E-state index is -3.56. The second-order valence-electron chi connectivity index (χ2n) is 5.53. The van der Waals surface area contributed by atoms with Crippen LogP contribution in [0, 0.1) is 0 Å². The molecule has 1 amide bonds. The molecular formula is C14H19ClFN3O3S. The molecule has 0 spiro atoms. The summed E-state index contributed by atoms with van der Waals surface area (Å²) in [5.41, 5.74) is 1.53. The lowest BCUT2D eigenvalue weighted by Gasteiger charge is -2.21. The van der Waals surface area contributed by atoms with Gasteiger partial charge in [0.15, 0.2) is 0 Å². The van der Waals surface area contributed by atoms with E-state index in [0.717, 1.165) is 5.56 Å². The monoisotopic (exact) mass is 363 g/mol. The highest BCUT2D eigenvalue weighted by Gasteiger charge is 2.35. The number of halogens is 2. The van der Waals surface area contributed by atoms with Crippen molar-refractivity contribution in [2.24, 2.45) is 0 Å². The van der Waals surface area contributed by atoms with Gasteiger partial charge in [0.2, 0.25) is 15.9 Å². The molecule has 2 heterocycles. The van der Waals surface area contributed by atoms with Crippen molar-refractivity contribution in [1.82, 2.24) is 10.0 Å². The van der Waals surface area contributed by atoms with Crippen LogP contribution in [0.4, 0.5) is 10.1 Å². The summed E-state index contributed by atoms with van der Waals surface area (Å²) in [4.78, 5) is 14.2. The van der Waals surface area contributed by atoms with Gasteiger partial charge in [0.1, 0.15) is 6.17 Å². The van der Waals surface area contributed by atoms with Crippen LogP contribution in [0.15, 0.2) is 23.1 Å². The van der Waals surface area contributed by atoms with E-state index in [-0.39, 0.29) is 36.2 Å². The van der Waals surface area contributed by atoms with Crippen molar-refractivity contribution in [2.45, 2.75) is 30.0 Å². The SMILES string of the molecule is CNS(=O)(=O)c1ccc2c(c1)N(C(=O)[C@H]1C[C@H](F)CN1)CC2.Cl. The molecule has 1 aromatic rings. The molecule has 1 saturated heterocycles. The van der Waals surface area contributed by atoms with E-state index in [2.05, 4.69) is 10.0 Å². The highest BCUT2D eigenvalue weighted by molar-refractivity contribution is 7.89. The third kappa shape index (κ3) is 3.35. The second-order valence-corrected chi connectivity index (χ2v) is 7.42. The summed E-state index contributed by atoms with van der Waals surface area (Å²) >= 11 is 0. The third-order valence-electron chi connectivity index (χ3n) is 4.17. The van der Waals surface area contributed by atoms with Gasteiger partial charge in [-0.3, -0.25) is 4.79 Å². The van der Waals surface area contributed by atoms with Crippen molar-refractivity contribution in [3.63, 3.8) is 0 Å². The zero-order chi connectivity index (χ0) is 15.9. The van der Waals surface area contributed by atoms with E-state index in [1.54, 1.807) is 11.0 Å². The van der Waals surface area contributed by atoms with Crippen LogP contribution in [0.1, 0.15) is 12.0 Å². The molecule has 1 aromatic carbocycles. The summed E-state index contributed by atoms with van der Waals surface area (Å²) in [5, 5.41) is 2.87. The number of carbonyl (C=O) groups excluding carboxylic acids is 1. The Hall–Kier alpha value is -1.22. The Morgan fingerprint density at radius 3 is 2.78 bits per heavy atom. The molecule has 0 unspecified atom stereocenters. The smallest absolute Gasteiger partial charge is 0.244 e. The van der Waals surface area contributed by atoms with Crippen LogP contribution in [-0.2, 0) is 21.2 Å². The number of hydrogen-bond acceptors (Lipinski definition) is 4. The summed E-state index contributed by atoms with van der Waals surface area (Å²) in [6.45, 7) is 0.678. The van der Waals surface area contributed by atoms with Gasteiger partial charge < -0.3 is 10.2 Å². The number of amides is 1. The molecule has 3 rings (SSSR count). The molecular weight excluding hydrogens is 345 g/mol. The standard InChI is InChI=1S/C14H18FN3O3S.ClH/c1-16-22(20,21)11-3-2-9-4-5-18(13(9)7-11)14(19)12-6-10(15)8-17-12;/h2-3,7,10,12,16-17H,4-6,8H2,1H3;1H/t10-,12+;/m0./s1. The number of anilines is 1. The van der Waals surface area contributed by atoms with E-state index >= 15 is 0 Å². The third-order valence-corrected chi connectivity index (χ3v) is 5.58. The van der Waals surface area contributed by atoms with Crippen LogP contribution in [0.3, 0.4) is 0 Å². The zero-order valence-electron chi connectivity index (χ0n) is 12.6. The molecule has 23 heavy (non-hydrogen) atoms. The first-order valence-electron chi connectivity index (χ1n) is 7.17. The van der Waals surface area contributed by atoms with E-state index in [0.29, 0.717) is 18.7 Å². The van der Waals surface area contributed by atoms with Gasteiger partial charge in [-0.1, -0.05) is 6.07 Å². The molecule has 0 bridgehead atoms. The molecule has 6 nitrogen and oxygen atoms in total. The van der Waals surface area contributed by atoms with Crippen LogP contribution in [0.25, 0.3) is 0 Å². The molecule has 9 heteroatoms. The van der Waals surface area contributed by atoms with E-state index in [1.807, 2.05) is 0 Å². The molecule has 2 atom stereocenters. The number of alkyl halides is 1. The fraction of sp³-hybridized carbons (Fsp3) is 0.500. The Kier molecular flexibility index (Phi) is 5.30. The average molecular weight is 364 g/mol. The number of nitrogens with one attached hydrogen (secondary N) is 2. The normalized spacial score (nSPS) is 23.5. The topological polar surface area (TPSA) is 78.5 Å². The number of fused-ring (bicyclic) bond motifs is 1. The number of hydrogen-bond donors (Lipinski definition) is 2. The lowest BCUT2D eigenvalue weighted by Crippen LogP contribution is -2.43. The van der Waals surface area contributed by atoms with Gasteiger partial charge in [-0.05, 0) is 31.2 Å². The number of nitrogens with zero attached hydrogens (tertiary/aromatic N) is 1. The van der Waals surface area contributed by atoms with Crippen LogP contribution < -0.4 is 14.9 Å². The molecule has 2 N–H and O–H groups in total. The summed E-state index contributed by atoms with van der Waals surface area (Å²) in [7, 11) is -2.22. The summed E-state index contributed by atoms with van der Waals surface area (Å²) < 4.78 is 39.3. The van der Waals surface area contributed by atoms with E-state index in [9.17, 15) is 17.6 Å². The second kappa shape index (κ2) is 6.72. The van der Waals surface area contributed by atoms with Gasteiger partial charge in [0.05, 0.1) is 10.9 Å². The Morgan fingerprint density at radius 2 is 2.17 bits per heavy atom. The van der Waals surface area contributed by atoms with Gasteiger partial charge >= 0.3 is 0 Å². The van der Waals surface area contributed by atoms with Crippen molar-refractivity contribution in [3.8, 4) is 0 Å². The van der Waals surface area contributed by atoms with Crippen LogP contribution >= 0.6 is 12.4 Å². The molecule has 0 saturated carbocycles. The molecule has 2 aliphatic heterocycles. The van der Waals surface area contributed by atoms with E-state index < -0.39 is 22.2 Å². The van der Waals surface area contributed by atoms with Gasteiger partial charge in [-0.25, -0.2) is 17.5 Å². The van der Waals surface area contributed by atoms with Gasteiger partial charge in [-0.15, -0.1) is 12.4 Å². The average Bonchev–Trinajstić information content (AvgIpc) is 3.12. The summed E-state index contributed by atoms with van der Waals surface area (Å²) in [5.74, 6) is -0.196. The first kappa shape index (κ1) is 18.1. The van der Waals surface area contributed by atoms with Crippen LogP contribution in [-0.4, -0.2) is 46.7 Å². The van der Waals surface area contributed by atoms with Crippen molar-refractivity contribution < 1.29 is 17.6 Å². The quantitative estimate of drug-likeness (QED) is 0.824. The van der Waals surface area contributed by atoms with Crippen LogP contribution in [0.5, 0.6) is 0 Å². The Labute approximate surface area is 140 Å². The number of sulfonamides is 1. The van der Waals surface area contributed by atoms with Crippen molar-refractivity contribution in [3.05, 3.63) is 23.8 Å². The minimum absolute atomic E-state index is 0. The predicted molar refractivity (Wildman–Crippen MR) is 87.3 cm³/mol. The maximum absolute atomic E-state index is 13.3. The van der Waals surface area contributed by atoms with Gasteiger partial charge in [0.25, 0.3) is 0 Å². The lowest BCUT2D eigenvalue weighted by molar-refractivity contribution is -0.120. The molecule has 0 aromatic heterocycles. The van der Waals surface area contributed by atoms with Crippen molar-refractivity contribution in [2.75, 3.05) is 25.0 Å². The van der Waals surface area contributed by atoms with E-state index in [1.165, 1.54) is 19.2 Å². The fourth-order valence-electron chi connectivity index (χ4n) is 2.94. The van der Waals surface area contributed by atoms with Crippen LogP contribution in [0.2, 0.25) is 0 Å². The Morgan fingerprint density at radius 1 is 1.43 bits per heavy atom. The maximum Gasteiger partial charge on any atom is 0.244 e. The predicted octanol–water partition coefficient (Wildman–Crippen LogP) is 0.606. The molecule has 2 aliphatic rings. The van der Waals surface area contributed by atoms with Crippen molar-refractivity contribution >= 4 is 34.0 Å². The highest BCUT2D eigenvalue weighted by Crippen LogP contribution is 2.31. The summed E-state index contributed by atoms with van der Waals surface area (Å²) in [6.07, 6.45) is -0.168. The Bertz CT molecular complexity index is 713. The molecule has 0 radical (unpaired) electrons. The largest absolute Gasteiger partial charge is 0.310 e. The maximum atomic E-state index is 13.3. The highest BCUT2D eigenvalue weighted by atomic mass is 35.5. The van der Waals surface area contributed by atoms with E-state index in [4.69, 9.17) is 0 Å². The molecule has 0 aliphatic carbocycles. The fourth-order valence-corrected chi connectivity index (χ4v) is 3.69. The number of rotatable bonds is 3. The van der Waals surface area contributed by atoms with Gasteiger partial charge in [-0.2, -0.15) is 0 Å². The Balaban J connectivity index is 0.00000192. The van der Waals surface area contributed by atoms with Gasteiger partial charge in [0, 0.05) is 25.2 Å². The zero-order valence-corrected chi connectivity index (χ0v) is 14.2. The first-order valence-corrected chi connectivity index (χ1v) is 8.66. The molecule has 1 fully saturated rings. The first-order chi connectivity index (χ1) is 10.4. The summed E-state index contributed by atoms with van der Waals surface area (Å²) in [6, 6.07) is 4.23. The molecule has 128 valence electrons. The van der Waals surface area contributed by atoms with Crippen molar-refractivity contribution in [1.29, 1.82) is 0 Å². The lowest BCUT2D eigenvalue weighted by atomic mass is 10.1.